The Balaban J connectivity index is 3.60. The van der Waals surface area contributed by atoms with Gasteiger partial charge in [0.1, 0.15) is 0 Å². The van der Waals surface area contributed by atoms with Gasteiger partial charge in [0.25, 0.3) is 0 Å². The number of halogens is 2. The monoisotopic (exact) mass is 208 g/mol. The third-order valence-corrected chi connectivity index (χ3v) is 2.51. The fourth-order valence-corrected chi connectivity index (χ4v) is 1.14. The van der Waals surface area contributed by atoms with E-state index in [9.17, 15) is 8.78 Å². The molecule has 1 rings (SSSR count). The summed E-state index contributed by atoms with van der Waals surface area (Å²) in [7, 11) is 0. The van der Waals surface area contributed by atoms with Crippen LogP contribution in [0.15, 0.2) is 9.79 Å². The van der Waals surface area contributed by atoms with Gasteiger partial charge in [-0.15, -0.1) is 25.3 Å². The molecule has 0 bridgehead atoms. The van der Waals surface area contributed by atoms with Crippen LogP contribution in [0.5, 0.6) is 0 Å². The Kier molecular flexibility index (Phi) is 2.39. The Bertz CT molecular complexity index is 236. The summed E-state index contributed by atoms with van der Waals surface area (Å²) in [5, 5.41) is 0. The quantitative estimate of drug-likeness (QED) is 0.387. The van der Waals surface area contributed by atoms with E-state index >= 15 is 0 Å². The maximum atomic E-state index is 12.8. The largest absolute Gasteiger partial charge is 0.395 e. The maximum absolute atomic E-state index is 12.8. The average Bonchev–Trinajstić information content (AvgIpc) is 2.08. The van der Waals surface area contributed by atoms with Crippen LogP contribution in [0.2, 0.25) is 0 Å². The van der Waals surface area contributed by atoms with Crippen molar-refractivity contribution < 1.29 is 8.78 Å². The predicted octanol–water partition coefficient (Wildman–Crippen LogP) is 1.71. The normalized spacial score (nSPS) is 10.3. The van der Waals surface area contributed by atoms with Gasteiger partial charge in [0.05, 0.1) is 11.4 Å². The molecule has 0 aliphatic rings. The van der Waals surface area contributed by atoms with Crippen molar-refractivity contribution in [3.63, 3.8) is 0 Å². The van der Waals surface area contributed by atoms with Gasteiger partial charge >= 0.3 is 0 Å². The summed E-state index contributed by atoms with van der Waals surface area (Å²) in [6, 6.07) is 0. The maximum Gasteiger partial charge on any atom is 0.185 e. The molecule has 12 heavy (non-hydrogen) atoms. The second-order valence-electron chi connectivity index (χ2n) is 2.15. The molecule has 2 nitrogen and oxygen atoms in total. The second kappa shape index (κ2) is 3.02. The zero-order chi connectivity index (χ0) is 9.46. The van der Waals surface area contributed by atoms with E-state index in [1.165, 1.54) is 0 Å². The number of hydrogen-bond donors (Lipinski definition) is 4. The molecule has 0 spiro atoms. The van der Waals surface area contributed by atoms with Crippen LogP contribution in [0.1, 0.15) is 0 Å². The third kappa shape index (κ3) is 1.21. The van der Waals surface area contributed by atoms with Gasteiger partial charge in [-0.25, -0.2) is 8.78 Å². The van der Waals surface area contributed by atoms with Crippen molar-refractivity contribution in [3.8, 4) is 0 Å². The number of anilines is 2. The van der Waals surface area contributed by atoms with Crippen LogP contribution in [0.4, 0.5) is 20.2 Å². The number of benzene rings is 1. The number of hydrogen-bond acceptors (Lipinski definition) is 4. The SMILES string of the molecule is Nc1c(F)c(F)c(N)c(S)c1S. The summed E-state index contributed by atoms with van der Waals surface area (Å²) in [6.07, 6.45) is 0. The highest BCUT2D eigenvalue weighted by Gasteiger charge is 2.17. The third-order valence-electron chi connectivity index (χ3n) is 1.40. The highest BCUT2D eigenvalue weighted by Crippen LogP contribution is 2.34. The Morgan fingerprint density at radius 2 is 1.08 bits per heavy atom. The summed E-state index contributed by atoms with van der Waals surface area (Å²) in [6.45, 7) is 0. The Morgan fingerprint density at radius 3 is 1.33 bits per heavy atom. The van der Waals surface area contributed by atoms with Gasteiger partial charge in [-0.1, -0.05) is 0 Å². The lowest BCUT2D eigenvalue weighted by Crippen LogP contribution is -2.02. The van der Waals surface area contributed by atoms with Crippen molar-refractivity contribution >= 4 is 36.6 Å². The van der Waals surface area contributed by atoms with Crippen molar-refractivity contribution in [2.45, 2.75) is 9.79 Å². The number of thiol groups is 2. The van der Waals surface area contributed by atoms with Crippen LogP contribution in [-0.2, 0) is 0 Å². The predicted molar refractivity (Wildman–Crippen MR) is 49.7 cm³/mol. The molecular weight excluding hydrogens is 202 g/mol. The molecule has 0 atom stereocenters. The van der Waals surface area contributed by atoms with E-state index in [1.807, 2.05) is 0 Å². The highest BCUT2D eigenvalue weighted by atomic mass is 32.1. The zero-order valence-corrected chi connectivity index (χ0v) is 7.59. The van der Waals surface area contributed by atoms with Crippen LogP contribution in [0.3, 0.4) is 0 Å². The number of nitrogens with two attached hydrogens (primary N) is 2. The fourth-order valence-electron chi connectivity index (χ4n) is 0.699. The van der Waals surface area contributed by atoms with Gasteiger partial charge in [-0.3, -0.25) is 0 Å². The Hall–Kier alpha value is -0.620. The van der Waals surface area contributed by atoms with Gasteiger partial charge in [0.2, 0.25) is 0 Å². The van der Waals surface area contributed by atoms with E-state index in [1.54, 1.807) is 0 Å². The zero-order valence-electron chi connectivity index (χ0n) is 5.81. The Morgan fingerprint density at radius 1 is 0.833 bits per heavy atom. The van der Waals surface area contributed by atoms with Gasteiger partial charge in [0.15, 0.2) is 11.6 Å². The first-order valence-corrected chi connectivity index (χ1v) is 3.80. The molecule has 1 aromatic rings. The van der Waals surface area contributed by atoms with E-state index in [-0.39, 0.29) is 21.2 Å². The van der Waals surface area contributed by atoms with E-state index < -0.39 is 11.6 Å². The lowest BCUT2D eigenvalue weighted by molar-refractivity contribution is 0.510. The van der Waals surface area contributed by atoms with Crippen molar-refractivity contribution in [3.05, 3.63) is 11.6 Å². The Labute approximate surface area is 78.8 Å². The summed E-state index contributed by atoms with van der Waals surface area (Å²) in [5.74, 6) is -2.37. The number of rotatable bonds is 0. The van der Waals surface area contributed by atoms with E-state index in [4.69, 9.17) is 11.5 Å². The van der Waals surface area contributed by atoms with E-state index in [0.717, 1.165) is 0 Å². The summed E-state index contributed by atoms with van der Waals surface area (Å²) in [4.78, 5) is 0.101. The molecule has 6 heteroatoms. The molecule has 0 saturated heterocycles. The summed E-state index contributed by atoms with van der Waals surface area (Å²) < 4.78 is 25.5. The minimum Gasteiger partial charge on any atom is -0.395 e. The first-order chi connectivity index (χ1) is 5.46. The first-order valence-electron chi connectivity index (χ1n) is 2.90. The molecule has 0 fully saturated rings. The molecule has 0 aliphatic carbocycles. The fraction of sp³-hybridized carbons (Fsp3) is 0. The molecule has 0 heterocycles. The standard InChI is InChI=1S/C6H6F2N2S2/c7-1-2(8)4(10)6(12)5(11)3(1)9/h11-12H,9-10H2. The lowest BCUT2D eigenvalue weighted by Gasteiger charge is -2.08. The van der Waals surface area contributed by atoms with Crippen molar-refractivity contribution in [1.29, 1.82) is 0 Å². The van der Waals surface area contributed by atoms with Crippen molar-refractivity contribution in [2.24, 2.45) is 0 Å². The minimum absolute atomic E-state index is 0.0507. The molecule has 0 radical (unpaired) electrons. The lowest BCUT2D eigenvalue weighted by atomic mass is 10.2. The van der Waals surface area contributed by atoms with Crippen LogP contribution < -0.4 is 11.5 Å². The molecule has 66 valence electrons. The van der Waals surface area contributed by atoms with Crippen LogP contribution in [0.25, 0.3) is 0 Å². The molecule has 0 aromatic heterocycles. The molecule has 0 saturated carbocycles. The molecule has 0 amide bonds. The number of nitrogen functional groups attached to an aromatic ring is 2. The molecule has 4 N–H and O–H groups in total. The van der Waals surface area contributed by atoms with Crippen LogP contribution in [-0.4, -0.2) is 0 Å². The average molecular weight is 208 g/mol. The van der Waals surface area contributed by atoms with Gasteiger partial charge in [-0.2, -0.15) is 0 Å². The molecule has 1 aromatic carbocycles. The highest BCUT2D eigenvalue weighted by molar-refractivity contribution is 7.83. The minimum atomic E-state index is -1.18. The van der Waals surface area contributed by atoms with Gasteiger partial charge in [0, 0.05) is 9.79 Å². The van der Waals surface area contributed by atoms with Crippen molar-refractivity contribution in [1.82, 2.24) is 0 Å². The molecule has 0 aliphatic heterocycles. The summed E-state index contributed by atoms with van der Waals surface area (Å²) in [5.41, 5.74) is 9.55. The smallest absolute Gasteiger partial charge is 0.185 e. The van der Waals surface area contributed by atoms with Crippen molar-refractivity contribution in [2.75, 3.05) is 11.5 Å². The van der Waals surface area contributed by atoms with Gasteiger partial charge < -0.3 is 11.5 Å². The first kappa shape index (κ1) is 9.47. The topological polar surface area (TPSA) is 52.0 Å². The van der Waals surface area contributed by atoms with Crippen LogP contribution in [0, 0.1) is 11.6 Å². The molecular formula is C6H6F2N2S2. The second-order valence-corrected chi connectivity index (χ2v) is 3.05. The van der Waals surface area contributed by atoms with Gasteiger partial charge in [-0.05, 0) is 0 Å². The molecule has 0 unspecified atom stereocenters. The van der Waals surface area contributed by atoms with Crippen LogP contribution >= 0.6 is 25.3 Å². The summed E-state index contributed by atoms with van der Waals surface area (Å²) >= 11 is 7.62. The van der Waals surface area contributed by atoms with E-state index in [0.29, 0.717) is 0 Å². The van der Waals surface area contributed by atoms with E-state index in [2.05, 4.69) is 25.3 Å².